The Morgan fingerprint density at radius 3 is 2.65 bits per heavy atom. The van der Waals surface area contributed by atoms with E-state index in [9.17, 15) is 17.2 Å². The maximum absolute atomic E-state index is 12.4. The summed E-state index contributed by atoms with van der Waals surface area (Å²) in [5.74, 6) is -2.78. The standard InChI is InChI=1S/C10H10F2N4O2S2/c11-10(12)19-7-4-2-1-3-6(7)16-20(17,18)8-5-14-15-9(8)13/h1-5,10,16H,(H3,13,14,15). The van der Waals surface area contributed by atoms with E-state index in [1.165, 1.54) is 24.3 Å². The number of nitrogens with zero attached hydrogens (tertiary/aromatic N) is 1. The van der Waals surface area contributed by atoms with E-state index in [1.54, 1.807) is 0 Å². The second-order valence-electron chi connectivity index (χ2n) is 3.63. The topological polar surface area (TPSA) is 101 Å². The van der Waals surface area contributed by atoms with Crippen LogP contribution in [0.1, 0.15) is 0 Å². The number of sulfonamides is 1. The van der Waals surface area contributed by atoms with E-state index >= 15 is 0 Å². The molecular weight excluding hydrogens is 310 g/mol. The summed E-state index contributed by atoms with van der Waals surface area (Å²) in [7, 11) is -3.99. The van der Waals surface area contributed by atoms with Gasteiger partial charge in [0.2, 0.25) is 0 Å². The fraction of sp³-hybridized carbons (Fsp3) is 0.100. The van der Waals surface area contributed by atoms with Gasteiger partial charge in [0, 0.05) is 4.90 Å². The van der Waals surface area contributed by atoms with Crippen molar-refractivity contribution in [1.82, 2.24) is 10.2 Å². The molecule has 0 spiro atoms. The average Bonchev–Trinajstić information content (AvgIpc) is 2.78. The summed E-state index contributed by atoms with van der Waals surface area (Å²) in [6.07, 6.45) is 1.04. The van der Waals surface area contributed by atoms with Crippen molar-refractivity contribution < 1.29 is 17.2 Å². The Kier molecular flexibility index (Phi) is 4.14. The summed E-state index contributed by atoms with van der Waals surface area (Å²) in [5, 5.41) is 5.80. The first-order chi connectivity index (χ1) is 9.40. The Morgan fingerprint density at radius 2 is 2.05 bits per heavy atom. The number of benzene rings is 1. The van der Waals surface area contributed by atoms with Crippen molar-refractivity contribution in [1.29, 1.82) is 0 Å². The molecular formula is C10H10F2N4O2S2. The number of hydrogen-bond acceptors (Lipinski definition) is 5. The predicted octanol–water partition coefficient (Wildman–Crippen LogP) is 2.11. The third kappa shape index (κ3) is 3.20. The van der Waals surface area contributed by atoms with Crippen LogP contribution in [0.5, 0.6) is 0 Å². The molecule has 0 aliphatic carbocycles. The Labute approximate surface area is 117 Å². The highest BCUT2D eigenvalue weighted by Gasteiger charge is 2.21. The fourth-order valence-corrected chi connectivity index (χ4v) is 3.21. The highest BCUT2D eigenvalue weighted by Crippen LogP contribution is 2.33. The molecule has 2 rings (SSSR count). The Balaban J connectivity index is 2.33. The van der Waals surface area contributed by atoms with Crippen molar-refractivity contribution in [2.75, 3.05) is 10.5 Å². The number of nitrogens with two attached hydrogens (primary N) is 1. The van der Waals surface area contributed by atoms with E-state index in [1.807, 2.05) is 0 Å². The predicted molar refractivity (Wildman–Crippen MR) is 72.1 cm³/mol. The number of nitrogen functional groups attached to an aromatic ring is 1. The third-order valence-electron chi connectivity index (χ3n) is 2.27. The second-order valence-corrected chi connectivity index (χ2v) is 6.31. The van der Waals surface area contributed by atoms with Crippen LogP contribution in [0.4, 0.5) is 20.3 Å². The molecule has 10 heteroatoms. The van der Waals surface area contributed by atoms with Gasteiger partial charge in [-0.3, -0.25) is 9.82 Å². The van der Waals surface area contributed by atoms with Gasteiger partial charge in [-0.25, -0.2) is 8.42 Å². The summed E-state index contributed by atoms with van der Waals surface area (Å²) in [6.45, 7) is 0. The SMILES string of the molecule is Nc1[nH]ncc1S(=O)(=O)Nc1ccccc1SC(F)F. The zero-order valence-electron chi connectivity index (χ0n) is 9.88. The lowest BCUT2D eigenvalue weighted by atomic mass is 10.3. The van der Waals surface area contributed by atoms with Gasteiger partial charge in [0.15, 0.2) is 0 Å². The van der Waals surface area contributed by atoms with E-state index in [-0.39, 0.29) is 33.1 Å². The molecule has 4 N–H and O–H groups in total. The van der Waals surface area contributed by atoms with Crippen LogP contribution in [0.25, 0.3) is 0 Å². The van der Waals surface area contributed by atoms with E-state index in [0.29, 0.717) is 0 Å². The van der Waals surface area contributed by atoms with Gasteiger partial charge >= 0.3 is 0 Å². The fourth-order valence-electron chi connectivity index (χ4n) is 1.45. The molecule has 1 aromatic carbocycles. The Hall–Kier alpha value is -1.81. The number of H-pyrrole nitrogens is 1. The highest BCUT2D eigenvalue weighted by molar-refractivity contribution is 7.99. The molecule has 0 radical (unpaired) electrons. The summed E-state index contributed by atoms with van der Waals surface area (Å²) < 4.78 is 51.2. The minimum Gasteiger partial charge on any atom is -0.383 e. The lowest BCUT2D eigenvalue weighted by molar-refractivity contribution is 0.252. The molecule has 0 aliphatic rings. The van der Waals surface area contributed by atoms with E-state index in [4.69, 9.17) is 5.73 Å². The molecule has 0 saturated heterocycles. The minimum atomic E-state index is -3.99. The maximum atomic E-state index is 12.4. The van der Waals surface area contributed by atoms with Crippen molar-refractivity contribution in [2.24, 2.45) is 0 Å². The number of thioether (sulfide) groups is 1. The van der Waals surface area contributed by atoms with Crippen LogP contribution in [0.3, 0.4) is 0 Å². The van der Waals surface area contributed by atoms with Crippen LogP contribution in [0.15, 0.2) is 40.3 Å². The summed E-state index contributed by atoms with van der Waals surface area (Å²) in [4.78, 5) is -0.123. The molecule has 0 bridgehead atoms. The first kappa shape index (κ1) is 14.6. The molecule has 6 nitrogen and oxygen atoms in total. The summed E-state index contributed by atoms with van der Waals surface area (Å²) in [5.41, 5.74) is 5.49. The van der Waals surface area contributed by atoms with Crippen molar-refractivity contribution >= 4 is 33.3 Å². The first-order valence-electron chi connectivity index (χ1n) is 5.25. The quantitative estimate of drug-likeness (QED) is 0.733. The number of anilines is 2. The zero-order valence-corrected chi connectivity index (χ0v) is 11.5. The Morgan fingerprint density at radius 1 is 1.35 bits per heavy atom. The first-order valence-corrected chi connectivity index (χ1v) is 7.62. The summed E-state index contributed by atoms with van der Waals surface area (Å²) in [6, 6.07) is 5.85. The van der Waals surface area contributed by atoms with Crippen molar-refractivity contribution in [2.45, 2.75) is 15.5 Å². The zero-order chi connectivity index (χ0) is 14.8. The van der Waals surface area contributed by atoms with Crippen LogP contribution >= 0.6 is 11.8 Å². The monoisotopic (exact) mass is 320 g/mol. The van der Waals surface area contributed by atoms with Gasteiger partial charge < -0.3 is 5.73 Å². The van der Waals surface area contributed by atoms with Crippen LogP contribution in [-0.4, -0.2) is 24.4 Å². The van der Waals surface area contributed by atoms with Gasteiger partial charge in [0.05, 0.1) is 11.9 Å². The molecule has 0 aliphatic heterocycles. The van der Waals surface area contributed by atoms with Gasteiger partial charge in [0.25, 0.3) is 15.8 Å². The lowest BCUT2D eigenvalue weighted by Gasteiger charge is -2.11. The van der Waals surface area contributed by atoms with Crippen LogP contribution in [0.2, 0.25) is 0 Å². The number of alkyl halides is 2. The van der Waals surface area contributed by atoms with Gasteiger partial charge in [0.1, 0.15) is 10.7 Å². The number of aromatic nitrogens is 2. The van der Waals surface area contributed by atoms with Gasteiger partial charge in [-0.2, -0.15) is 13.9 Å². The molecule has 0 atom stereocenters. The Bertz CT molecular complexity index is 703. The molecule has 2 aromatic rings. The van der Waals surface area contributed by atoms with E-state index in [0.717, 1.165) is 6.20 Å². The lowest BCUT2D eigenvalue weighted by Crippen LogP contribution is -2.14. The summed E-state index contributed by atoms with van der Waals surface area (Å²) >= 11 is 0.252. The molecule has 1 aromatic heterocycles. The normalized spacial score (nSPS) is 11.8. The van der Waals surface area contributed by atoms with Crippen molar-refractivity contribution in [3.05, 3.63) is 30.5 Å². The molecule has 0 amide bonds. The van der Waals surface area contributed by atoms with Crippen LogP contribution in [0, 0.1) is 0 Å². The molecule has 20 heavy (non-hydrogen) atoms. The molecule has 0 unspecified atom stereocenters. The number of halogens is 2. The molecule has 0 saturated carbocycles. The number of rotatable bonds is 5. The number of hydrogen-bond donors (Lipinski definition) is 3. The smallest absolute Gasteiger partial charge is 0.288 e. The average molecular weight is 320 g/mol. The minimum absolute atomic E-state index is 0.0541. The van der Waals surface area contributed by atoms with Gasteiger partial charge in [-0.05, 0) is 12.1 Å². The maximum Gasteiger partial charge on any atom is 0.288 e. The third-order valence-corrected chi connectivity index (χ3v) is 4.45. The van der Waals surface area contributed by atoms with Crippen LogP contribution in [-0.2, 0) is 10.0 Å². The number of nitrogens with one attached hydrogen (secondary N) is 2. The highest BCUT2D eigenvalue weighted by atomic mass is 32.2. The largest absolute Gasteiger partial charge is 0.383 e. The molecule has 0 fully saturated rings. The van der Waals surface area contributed by atoms with Gasteiger partial charge in [-0.15, -0.1) is 0 Å². The molecule has 1 heterocycles. The second kappa shape index (κ2) is 5.67. The van der Waals surface area contributed by atoms with Gasteiger partial charge in [-0.1, -0.05) is 23.9 Å². The number of aromatic amines is 1. The molecule has 108 valence electrons. The van der Waals surface area contributed by atoms with Crippen molar-refractivity contribution in [3.63, 3.8) is 0 Å². The van der Waals surface area contributed by atoms with E-state index in [2.05, 4.69) is 14.9 Å². The van der Waals surface area contributed by atoms with E-state index < -0.39 is 15.8 Å². The van der Waals surface area contributed by atoms with Crippen LogP contribution < -0.4 is 10.5 Å². The number of para-hydroxylation sites is 1. The van der Waals surface area contributed by atoms with Crippen molar-refractivity contribution in [3.8, 4) is 0 Å².